The minimum atomic E-state index is -0.460. The summed E-state index contributed by atoms with van der Waals surface area (Å²) in [6.45, 7) is 3.52. The number of amides is 1. The standard InChI is InChI=1S/C24H28N6O5/c1-34-17-8-19-18(26-11-17)3-5-23(33)30(19)7-6-29-12-15(20(31)13-29)9-25-10-16-2-4-21-24(27-16)28-22(32)14-35-21/h2-5,8,11,15,20,25,31H,6-7,9-10,12-14H2,1H3,(H,27,28,32)/t15-,20+/m1/s1. The van der Waals surface area contributed by atoms with Crippen molar-refractivity contribution in [1.29, 1.82) is 0 Å². The summed E-state index contributed by atoms with van der Waals surface area (Å²) >= 11 is 0. The Morgan fingerprint density at radius 1 is 1.23 bits per heavy atom. The van der Waals surface area contributed by atoms with Gasteiger partial charge in [-0.25, -0.2) is 4.98 Å². The number of anilines is 1. The molecule has 3 N–H and O–H groups in total. The minimum absolute atomic E-state index is 0.00254. The number of aliphatic hydroxyl groups is 1. The van der Waals surface area contributed by atoms with Crippen molar-refractivity contribution in [2.24, 2.45) is 5.92 Å². The van der Waals surface area contributed by atoms with E-state index < -0.39 is 6.10 Å². The Morgan fingerprint density at radius 2 is 2.11 bits per heavy atom. The summed E-state index contributed by atoms with van der Waals surface area (Å²) in [4.78, 5) is 35.0. The predicted octanol–water partition coefficient (Wildman–Crippen LogP) is 0.214. The molecule has 0 unspecified atom stereocenters. The highest BCUT2D eigenvalue weighted by Gasteiger charge is 2.30. The van der Waals surface area contributed by atoms with Gasteiger partial charge in [0.25, 0.3) is 11.5 Å². The van der Waals surface area contributed by atoms with Crippen molar-refractivity contribution in [2.75, 3.05) is 45.2 Å². The number of likely N-dealkylation sites (tertiary alicyclic amines) is 1. The Hall–Kier alpha value is -3.54. The summed E-state index contributed by atoms with van der Waals surface area (Å²) in [7, 11) is 1.57. The smallest absolute Gasteiger partial charge is 0.263 e. The van der Waals surface area contributed by atoms with E-state index in [2.05, 4.69) is 25.5 Å². The second kappa shape index (κ2) is 9.98. The SMILES string of the molecule is COc1cnc2ccc(=O)n(CCN3C[C@@H](CNCc4ccc5c(n4)NC(=O)CO5)[C@@H](O)C3)c2c1. The molecule has 0 bridgehead atoms. The third-order valence-electron chi connectivity index (χ3n) is 6.42. The number of methoxy groups -OCH3 is 1. The van der Waals surface area contributed by atoms with Gasteiger partial charge in [0.15, 0.2) is 18.2 Å². The molecule has 1 fully saturated rings. The number of hydrogen-bond acceptors (Lipinski definition) is 9. The fourth-order valence-corrected chi connectivity index (χ4v) is 4.55. The van der Waals surface area contributed by atoms with Gasteiger partial charge in [-0.3, -0.25) is 19.5 Å². The van der Waals surface area contributed by atoms with Crippen LogP contribution < -0.4 is 25.7 Å². The molecule has 3 aromatic heterocycles. The van der Waals surface area contributed by atoms with E-state index in [0.717, 1.165) is 23.3 Å². The van der Waals surface area contributed by atoms with Gasteiger partial charge < -0.3 is 29.8 Å². The molecular weight excluding hydrogens is 452 g/mol. The average Bonchev–Trinajstić information content (AvgIpc) is 3.21. The van der Waals surface area contributed by atoms with Gasteiger partial charge in [-0.15, -0.1) is 0 Å². The molecule has 2 atom stereocenters. The van der Waals surface area contributed by atoms with Gasteiger partial charge in [-0.1, -0.05) is 0 Å². The molecule has 5 heterocycles. The van der Waals surface area contributed by atoms with E-state index in [-0.39, 0.29) is 24.0 Å². The van der Waals surface area contributed by atoms with E-state index in [1.165, 1.54) is 6.07 Å². The first kappa shape index (κ1) is 23.2. The largest absolute Gasteiger partial charge is 0.495 e. The highest BCUT2D eigenvalue weighted by molar-refractivity contribution is 5.94. The Bertz CT molecular complexity index is 1300. The monoisotopic (exact) mass is 480 g/mol. The molecule has 2 aliphatic rings. The van der Waals surface area contributed by atoms with Gasteiger partial charge in [0, 0.05) is 57.3 Å². The molecule has 3 aromatic rings. The Balaban J connectivity index is 1.16. The van der Waals surface area contributed by atoms with Gasteiger partial charge in [0.1, 0.15) is 5.75 Å². The van der Waals surface area contributed by atoms with Crippen LogP contribution in [0.1, 0.15) is 5.69 Å². The Kier molecular flexibility index (Phi) is 6.62. The van der Waals surface area contributed by atoms with Gasteiger partial charge in [0.2, 0.25) is 0 Å². The van der Waals surface area contributed by atoms with Gasteiger partial charge in [-0.2, -0.15) is 0 Å². The molecule has 0 saturated carbocycles. The summed E-state index contributed by atoms with van der Waals surface area (Å²) in [5.74, 6) is 1.44. The van der Waals surface area contributed by atoms with Crippen molar-refractivity contribution in [3.05, 3.63) is 52.6 Å². The lowest BCUT2D eigenvalue weighted by Crippen LogP contribution is -2.31. The Labute approximate surface area is 201 Å². The number of ether oxygens (including phenoxy) is 2. The lowest BCUT2D eigenvalue weighted by Gasteiger charge is -2.18. The topological polar surface area (TPSA) is 131 Å². The van der Waals surface area contributed by atoms with Crippen LogP contribution in [-0.4, -0.2) is 76.4 Å². The van der Waals surface area contributed by atoms with Crippen LogP contribution in [0.25, 0.3) is 11.0 Å². The van der Waals surface area contributed by atoms with Crippen LogP contribution in [0.4, 0.5) is 5.82 Å². The van der Waals surface area contributed by atoms with Crippen molar-refractivity contribution in [3.8, 4) is 11.5 Å². The molecule has 5 rings (SSSR count). The number of aliphatic hydroxyl groups excluding tert-OH is 1. The van der Waals surface area contributed by atoms with Crippen LogP contribution in [0.3, 0.4) is 0 Å². The number of hydrogen-bond donors (Lipinski definition) is 3. The third kappa shape index (κ3) is 5.11. The summed E-state index contributed by atoms with van der Waals surface area (Å²) in [6.07, 6.45) is 1.17. The van der Waals surface area contributed by atoms with Crippen LogP contribution in [0, 0.1) is 5.92 Å². The number of carbonyl (C=O) groups excluding carboxylic acids is 1. The lowest BCUT2D eigenvalue weighted by atomic mass is 10.1. The van der Waals surface area contributed by atoms with Crippen molar-refractivity contribution < 1.29 is 19.4 Å². The van der Waals surface area contributed by atoms with Crippen molar-refractivity contribution in [1.82, 2.24) is 24.8 Å². The van der Waals surface area contributed by atoms with Gasteiger partial charge >= 0.3 is 0 Å². The Morgan fingerprint density at radius 3 is 2.97 bits per heavy atom. The molecule has 1 saturated heterocycles. The quantitative estimate of drug-likeness (QED) is 0.414. The molecule has 0 spiro atoms. The number of aromatic nitrogens is 3. The number of rotatable bonds is 8. The first-order valence-electron chi connectivity index (χ1n) is 11.6. The highest BCUT2D eigenvalue weighted by Crippen LogP contribution is 2.25. The first-order valence-corrected chi connectivity index (χ1v) is 11.6. The summed E-state index contributed by atoms with van der Waals surface area (Å²) in [6, 6.07) is 8.71. The van der Waals surface area contributed by atoms with Crippen molar-refractivity contribution in [2.45, 2.75) is 19.2 Å². The molecule has 0 aliphatic carbocycles. The number of nitrogens with one attached hydrogen (secondary N) is 2. The maximum atomic E-state index is 12.5. The zero-order valence-electron chi connectivity index (χ0n) is 19.4. The molecular formula is C24H28N6O5. The van der Waals surface area contributed by atoms with E-state index >= 15 is 0 Å². The van der Waals surface area contributed by atoms with Crippen LogP contribution in [0.2, 0.25) is 0 Å². The predicted molar refractivity (Wildman–Crippen MR) is 129 cm³/mol. The normalized spacial score (nSPS) is 19.9. The van der Waals surface area contributed by atoms with E-state index in [9.17, 15) is 14.7 Å². The minimum Gasteiger partial charge on any atom is -0.495 e. The van der Waals surface area contributed by atoms with Crippen LogP contribution >= 0.6 is 0 Å². The summed E-state index contributed by atoms with van der Waals surface area (Å²) in [5.41, 5.74) is 2.15. The van der Waals surface area contributed by atoms with E-state index in [1.807, 2.05) is 12.1 Å². The van der Waals surface area contributed by atoms with Crippen molar-refractivity contribution in [3.63, 3.8) is 0 Å². The van der Waals surface area contributed by atoms with E-state index in [0.29, 0.717) is 50.0 Å². The average molecular weight is 481 g/mol. The highest BCUT2D eigenvalue weighted by atomic mass is 16.5. The first-order chi connectivity index (χ1) is 17.0. The zero-order valence-corrected chi connectivity index (χ0v) is 19.4. The number of nitrogens with zero attached hydrogens (tertiary/aromatic N) is 4. The summed E-state index contributed by atoms with van der Waals surface area (Å²) < 4.78 is 12.3. The molecule has 0 radical (unpaired) electrons. The molecule has 1 amide bonds. The fraction of sp³-hybridized carbons (Fsp3) is 0.417. The van der Waals surface area contributed by atoms with Crippen LogP contribution in [-0.2, 0) is 17.9 Å². The fourth-order valence-electron chi connectivity index (χ4n) is 4.55. The molecule has 184 valence electrons. The molecule has 35 heavy (non-hydrogen) atoms. The second-order valence-electron chi connectivity index (χ2n) is 8.81. The second-order valence-corrected chi connectivity index (χ2v) is 8.81. The number of carbonyl (C=O) groups is 1. The van der Waals surface area contributed by atoms with Crippen LogP contribution in [0.5, 0.6) is 11.5 Å². The van der Waals surface area contributed by atoms with Crippen molar-refractivity contribution >= 4 is 22.8 Å². The number of pyridine rings is 3. The lowest BCUT2D eigenvalue weighted by molar-refractivity contribution is -0.118. The molecule has 11 heteroatoms. The maximum Gasteiger partial charge on any atom is 0.263 e. The molecule has 2 aliphatic heterocycles. The number of β-amino-alcohol motifs (C(OH)–C–C–N with tert-alkyl or cyclic N) is 1. The zero-order chi connectivity index (χ0) is 24.4. The molecule has 0 aromatic carbocycles. The van der Waals surface area contributed by atoms with E-state index in [4.69, 9.17) is 9.47 Å². The van der Waals surface area contributed by atoms with Crippen LogP contribution in [0.15, 0.2) is 41.3 Å². The van der Waals surface area contributed by atoms with Gasteiger partial charge in [0.05, 0.1) is 36.1 Å². The summed E-state index contributed by atoms with van der Waals surface area (Å²) in [5, 5.41) is 16.6. The molecule has 11 nitrogen and oxygen atoms in total. The number of fused-ring (bicyclic) bond motifs is 2. The van der Waals surface area contributed by atoms with Gasteiger partial charge in [-0.05, 0) is 18.2 Å². The maximum absolute atomic E-state index is 12.5. The third-order valence-corrected chi connectivity index (χ3v) is 6.42. The van der Waals surface area contributed by atoms with E-state index in [1.54, 1.807) is 30.0 Å².